The molecule has 9 nitrogen and oxygen atoms in total. The van der Waals surface area contributed by atoms with Gasteiger partial charge in [0, 0.05) is 35.9 Å². The molecule has 4 rings (SSSR count). The van der Waals surface area contributed by atoms with Gasteiger partial charge in [-0.15, -0.1) is 0 Å². The largest absolute Gasteiger partial charge is 0.455 e. The molecule has 0 atom stereocenters. The molecule has 0 saturated heterocycles. The molecule has 0 fully saturated rings. The van der Waals surface area contributed by atoms with Crippen LogP contribution in [0, 0.1) is 17.0 Å². The number of hydrazone groups is 1. The number of furan rings is 1. The number of carbonyl (C=O) groups is 1. The van der Waals surface area contributed by atoms with Gasteiger partial charge >= 0.3 is 0 Å². The topological polar surface area (TPSA) is 123 Å². The molecule has 2 N–H and O–H groups in total. The molecule has 0 spiro atoms. The summed E-state index contributed by atoms with van der Waals surface area (Å²) in [6, 6.07) is 11.6. The van der Waals surface area contributed by atoms with E-state index in [9.17, 15) is 14.9 Å². The van der Waals surface area contributed by atoms with Crippen molar-refractivity contribution in [2.24, 2.45) is 5.10 Å². The van der Waals surface area contributed by atoms with Crippen molar-refractivity contribution in [1.29, 1.82) is 0 Å². The minimum Gasteiger partial charge on any atom is -0.455 e. The SMILES string of the molecule is Cc1c(C(=O)NCc2ccccn2)oc2c1/C(=N/Nc1ccc([N+](=O)[O-])cc1)CCC2. The Kier molecular flexibility index (Phi) is 5.74. The lowest BCUT2D eigenvalue weighted by Crippen LogP contribution is -2.23. The number of aromatic nitrogens is 1. The van der Waals surface area contributed by atoms with Crippen LogP contribution in [0.5, 0.6) is 0 Å². The summed E-state index contributed by atoms with van der Waals surface area (Å²) in [6.07, 6.45) is 4.01. The average molecular weight is 419 g/mol. The summed E-state index contributed by atoms with van der Waals surface area (Å²) >= 11 is 0. The van der Waals surface area contributed by atoms with E-state index in [-0.39, 0.29) is 17.4 Å². The van der Waals surface area contributed by atoms with Gasteiger partial charge in [0.05, 0.1) is 28.6 Å². The molecule has 0 bridgehead atoms. The van der Waals surface area contributed by atoms with E-state index in [2.05, 4.69) is 20.8 Å². The standard InChI is InChI=1S/C22H21N5O4/c1-14-20-18(26-25-15-8-10-17(11-9-15)27(29)30)6-4-7-19(20)31-21(14)22(28)24-13-16-5-2-3-12-23-16/h2-3,5,8-12,25H,4,6-7,13H2,1H3,(H,24,28)/b26-18+. The van der Waals surface area contributed by atoms with Gasteiger partial charge in [0.25, 0.3) is 11.6 Å². The van der Waals surface area contributed by atoms with Crippen LogP contribution in [-0.4, -0.2) is 21.5 Å². The summed E-state index contributed by atoms with van der Waals surface area (Å²) in [4.78, 5) is 27.2. The molecule has 1 aromatic carbocycles. The number of non-ortho nitro benzene ring substituents is 1. The first-order valence-electron chi connectivity index (χ1n) is 9.90. The zero-order chi connectivity index (χ0) is 21.8. The van der Waals surface area contributed by atoms with E-state index in [1.165, 1.54) is 12.1 Å². The molecule has 1 aliphatic carbocycles. The minimum atomic E-state index is -0.446. The smallest absolute Gasteiger partial charge is 0.287 e. The number of pyridine rings is 1. The Morgan fingerprint density at radius 3 is 2.74 bits per heavy atom. The number of benzene rings is 1. The van der Waals surface area contributed by atoms with Gasteiger partial charge in [-0.2, -0.15) is 5.10 Å². The van der Waals surface area contributed by atoms with E-state index in [0.29, 0.717) is 12.2 Å². The highest BCUT2D eigenvalue weighted by molar-refractivity contribution is 6.06. The summed E-state index contributed by atoms with van der Waals surface area (Å²) < 4.78 is 5.90. The van der Waals surface area contributed by atoms with Crippen molar-refractivity contribution in [1.82, 2.24) is 10.3 Å². The maximum Gasteiger partial charge on any atom is 0.287 e. The average Bonchev–Trinajstić information content (AvgIpc) is 3.14. The van der Waals surface area contributed by atoms with Crippen molar-refractivity contribution < 1.29 is 14.1 Å². The quantitative estimate of drug-likeness (QED) is 0.460. The van der Waals surface area contributed by atoms with Crippen LogP contribution in [0.3, 0.4) is 0 Å². The molecular formula is C22H21N5O4. The predicted molar refractivity (Wildman–Crippen MR) is 115 cm³/mol. The second-order valence-corrected chi connectivity index (χ2v) is 7.19. The van der Waals surface area contributed by atoms with Crippen molar-refractivity contribution in [2.45, 2.75) is 32.7 Å². The number of rotatable bonds is 6. The summed E-state index contributed by atoms with van der Waals surface area (Å²) in [5, 5.41) is 18.1. The van der Waals surface area contributed by atoms with E-state index >= 15 is 0 Å². The summed E-state index contributed by atoms with van der Waals surface area (Å²) in [6.45, 7) is 2.16. The van der Waals surface area contributed by atoms with Crippen LogP contribution in [0.2, 0.25) is 0 Å². The van der Waals surface area contributed by atoms with Gasteiger partial charge < -0.3 is 9.73 Å². The third-order valence-corrected chi connectivity index (χ3v) is 5.09. The third-order valence-electron chi connectivity index (χ3n) is 5.09. The van der Waals surface area contributed by atoms with E-state index < -0.39 is 4.92 Å². The van der Waals surface area contributed by atoms with Gasteiger partial charge in [-0.25, -0.2) is 0 Å². The lowest BCUT2D eigenvalue weighted by Gasteiger charge is -2.13. The summed E-state index contributed by atoms with van der Waals surface area (Å²) in [5.41, 5.74) is 6.76. The number of nitro benzene ring substituents is 1. The van der Waals surface area contributed by atoms with E-state index in [4.69, 9.17) is 4.42 Å². The lowest BCUT2D eigenvalue weighted by molar-refractivity contribution is -0.384. The molecule has 31 heavy (non-hydrogen) atoms. The number of amides is 1. The maximum atomic E-state index is 12.7. The van der Waals surface area contributed by atoms with E-state index in [1.807, 2.05) is 25.1 Å². The number of fused-ring (bicyclic) bond motifs is 1. The van der Waals surface area contributed by atoms with E-state index in [1.54, 1.807) is 18.3 Å². The monoisotopic (exact) mass is 419 g/mol. The van der Waals surface area contributed by atoms with Gasteiger partial charge in [0.2, 0.25) is 0 Å². The molecule has 0 unspecified atom stereocenters. The first-order chi connectivity index (χ1) is 15.0. The Hall–Kier alpha value is -4.01. The minimum absolute atomic E-state index is 0.0187. The number of nitrogens with one attached hydrogen (secondary N) is 2. The lowest BCUT2D eigenvalue weighted by atomic mass is 9.93. The fourth-order valence-electron chi connectivity index (χ4n) is 3.54. The normalized spacial score (nSPS) is 14.2. The highest BCUT2D eigenvalue weighted by Crippen LogP contribution is 2.30. The van der Waals surface area contributed by atoms with Crippen LogP contribution in [-0.2, 0) is 13.0 Å². The van der Waals surface area contributed by atoms with Crippen LogP contribution in [0.25, 0.3) is 0 Å². The van der Waals surface area contributed by atoms with E-state index in [0.717, 1.165) is 47.6 Å². The molecule has 158 valence electrons. The Bertz CT molecular complexity index is 1140. The first-order valence-corrected chi connectivity index (χ1v) is 9.90. The van der Waals surface area contributed by atoms with Crippen LogP contribution in [0.15, 0.2) is 58.2 Å². The van der Waals surface area contributed by atoms with Gasteiger partial charge in [-0.05, 0) is 44.0 Å². The molecule has 0 aliphatic heterocycles. The highest BCUT2D eigenvalue weighted by Gasteiger charge is 2.27. The molecule has 0 radical (unpaired) electrons. The second kappa shape index (κ2) is 8.78. The first kappa shape index (κ1) is 20.3. The van der Waals surface area contributed by atoms with Gasteiger partial charge in [-0.3, -0.25) is 25.3 Å². The van der Waals surface area contributed by atoms with Crippen molar-refractivity contribution in [3.8, 4) is 0 Å². The molecule has 2 heterocycles. The summed E-state index contributed by atoms with van der Waals surface area (Å²) in [7, 11) is 0. The predicted octanol–water partition coefficient (Wildman–Crippen LogP) is 3.97. The maximum absolute atomic E-state index is 12.7. The molecular weight excluding hydrogens is 398 g/mol. The number of hydrogen-bond donors (Lipinski definition) is 2. The Labute approximate surface area is 178 Å². The fourth-order valence-corrected chi connectivity index (χ4v) is 3.54. The zero-order valence-electron chi connectivity index (χ0n) is 16.9. The summed E-state index contributed by atoms with van der Waals surface area (Å²) in [5.74, 6) is 0.738. The number of hydrogen-bond acceptors (Lipinski definition) is 7. The third kappa shape index (κ3) is 4.45. The second-order valence-electron chi connectivity index (χ2n) is 7.19. The van der Waals surface area contributed by atoms with Crippen LogP contribution >= 0.6 is 0 Å². The molecule has 9 heteroatoms. The van der Waals surface area contributed by atoms with Gasteiger partial charge in [-0.1, -0.05) is 6.07 Å². The van der Waals surface area contributed by atoms with Crippen molar-refractivity contribution in [3.05, 3.63) is 87.1 Å². The Morgan fingerprint density at radius 1 is 1.23 bits per heavy atom. The Balaban J connectivity index is 1.51. The van der Waals surface area contributed by atoms with Crippen molar-refractivity contribution >= 4 is 23.0 Å². The molecule has 1 aliphatic rings. The van der Waals surface area contributed by atoms with Gasteiger partial charge in [0.15, 0.2) is 5.76 Å². The number of anilines is 1. The molecule has 3 aromatic rings. The number of nitro groups is 1. The number of carbonyl (C=O) groups excluding carboxylic acids is 1. The van der Waals surface area contributed by atoms with Gasteiger partial charge in [0.1, 0.15) is 5.76 Å². The fraction of sp³-hybridized carbons (Fsp3) is 0.227. The zero-order valence-corrected chi connectivity index (χ0v) is 16.9. The molecule has 1 amide bonds. The molecule has 0 saturated carbocycles. The van der Waals surface area contributed by atoms with Crippen molar-refractivity contribution in [3.63, 3.8) is 0 Å². The van der Waals surface area contributed by atoms with Crippen LogP contribution in [0.1, 0.15) is 46.0 Å². The number of nitrogens with zero attached hydrogens (tertiary/aromatic N) is 3. The molecule has 2 aromatic heterocycles. The number of aryl methyl sites for hydroxylation is 1. The van der Waals surface area contributed by atoms with Crippen LogP contribution < -0.4 is 10.7 Å². The van der Waals surface area contributed by atoms with Crippen molar-refractivity contribution in [2.75, 3.05) is 5.43 Å². The Morgan fingerprint density at radius 2 is 2.03 bits per heavy atom. The highest BCUT2D eigenvalue weighted by atomic mass is 16.6. The van der Waals surface area contributed by atoms with Crippen LogP contribution in [0.4, 0.5) is 11.4 Å².